The van der Waals surface area contributed by atoms with E-state index in [2.05, 4.69) is 47.9 Å². The fraction of sp³-hybridized carbons (Fsp3) is 0.455. The molecule has 0 atom stereocenters. The third kappa shape index (κ3) is 5.45. The van der Waals surface area contributed by atoms with Gasteiger partial charge in [-0.15, -0.1) is 0 Å². The summed E-state index contributed by atoms with van der Waals surface area (Å²) in [5.74, 6) is 1.43. The smallest absolute Gasteiger partial charge is 0.262 e. The van der Waals surface area contributed by atoms with Crippen LogP contribution in [0.4, 0.5) is 11.5 Å². The summed E-state index contributed by atoms with van der Waals surface area (Å²) in [6.07, 6.45) is 1.70. The van der Waals surface area contributed by atoms with Crippen molar-refractivity contribution in [3.63, 3.8) is 0 Å². The molecule has 3 rings (SSSR count). The summed E-state index contributed by atoms with van der Waals surface area (Å²) in [6.45, 7) is 10.5. The first-order valence-corrected chi connectivity index (χ1v) is 9.74. The van der Waals surface area contributed by atoms with Gasteiger partial charge < -0.3 is 19.9 Å². The molecule has 0 spiro atoms. The van der Waals surface area contributed by atoms with Crippen LogP contribution in [0.5, 0.6) is 5.75 Å². The molecule has 1 aliphatic rings. The Morgan fingerprint density at radius 1 is 1.07 bits per heavy atom. The van der Waals surface area contributed by atoms with Gasteiger partial charge >= 0.3 is 0 Å². The Morgan fingerprint density at radius 3 is 2.32 bits per heavy atom. The predicted octanol–water partition coefficient (Wildman–Crippen LogP) is 3.15. The fourth-order valence-corrected chi connectivity index (χ4v) is 3.08. The molecule has 0 saturated carbocycles. The Morgan fingerprint density at radius 2 is 1.75 bits per heavy atom. The molecule has 1 amide bonds. The summed E-state index contributed by atoms with van der Waals surface area (Å²) in [6, 6.07) is 11.7. The van der Waals surface area contributed by atoms with E-state index >= 15 is 0 Å². The van der Waals surface area contributed by atoms with Crippen LogP contribution in [-0.2, 0) is 10.2 Å². The third-order valence-corrected chi connectivity index (χ3v) is 4.95. The number of nitrogens with zero attached hydrogens (tertiary/aromatic N) is 3. The van der Waals surface area contributed by atoms with Gasteiger partial charge in [0.05, 0.1) is 11.9 Å². The van der Waals surface area contributed by atoms with E-state index in [1.807, 2.05) is 36.4 Å². The number of anilines is 2. The molecule has 28 heavy (non-hydrogen) atoms. The zero-order valence-electron chi connectivity index (χ0n) is 17.2. The SMILES string of the molecule is CN1CCN(c2ccc(NC(=O)COc3ccc(C(C)(C)C)cc3)cn2)CC1. The second-order valence-electron chi connectivity index (χ2n) is 8.31. The van der Waals surface area contributed by atoms with Crippen LogP contribution in [0.3, 0.4) is 0 Å². The van der Waals surface area contributed by atoms with Gasteiger partial charge in [0.2, 0.25) is 0 Å². The number of amides is 1. The number of piperazine rings is 1. The molecule has 6 heteroatoms. The average molecular weight is 383 g/mol. The molecule has 1 saturated heterocycles. The van der Waals surface area contributed by atoms with Gasteiger partial charge in [-0.3, -0.25) is 4.79 Å². The predicted molar refractivity (Wildman–Crippen MR) is 113 cm³/mol. The standard InChI is InChI=1S/C22H30N4O2/c1-22(2,3)17-5-8-19(9-6-17)28-16-21(27)24-18-7-10-20(23-15-18)26-13-11-25(4)12-14-26/h5-10,15H,11-14,16H2,1-4H3,(H,24,27). The lowest BCUT2D eigenvalue weighted by molar-refractivity contribution is -0.118. The van der Waals surface area contributed by atoms with E-state index in [0.29, 0.717) is 11.4 Å². The molecule has 1 N–H and O–H groups in total. The molecule has 1 aliphatic heterocycles. The van der Waals surface area contributed by atoms with Crippen LogP contribution < -0.4 is 15.0 Å². The number of hydrogen-bond acceptors (Lipinski definition) is 5. The highest BCUT2D eigenvalue weighted by atomic mass is 16.5. The largest absolute Gasteiger partial charge is 0.484 e. The van der Waals surface area contributed by atoms with Crippen molar-refractivity contribution in [1.29, 1.82) is 0 Å². The molecule has 0 bridgehead atoms. The van der Waals surface area contributed by atoms with E-state index in [4.69, 9.17) is 4.74 Å². The molecule has 2 aromatic rings. The molecule has 1 fully saturated rings. The Bertz CT molecular complexity index is 774. The second-order valence-corrected chi connectivity index (χ2v) is 8.31. The van der Waals surface area contributed by atoms with Crippen molar-refractivity contribution in [2.24, 2.45) is 0 Å². The number of hydrogen-bond donors (Lipinski definition) is 1. The van der Waals surface area contributed by atoms with Gasteiger partial charge in [-0.05, 0) is 42.3 Å². The second kappa shape index (κ2) is 8.61. The minimum absolute atomic E-state index is 0.0327. The number of nitrogens with one attached hydrogen (secondary N) is 1. The highest BCUT2D eigenvalue weighted by Crippen LogP contribution is 2.24. The van der Waals surface area contributed by atoms with Gasteiger partial charge in [0.15, 0.2) is 6.61 Å². The quantitative estimate of drug-likeness (QED) is 0.861. The molecule has 2 heterocycles. The third-order valence-electron chi connectivity index (χ3n) is 4.95. The lowest BCUT2D eigenvalue weighted by Crippen LogP contribution is -2.44. The first kappa shape index (κ1) is 20.1. The van der Waals surface area contributed by atoms with Crippen LogP contribution >= 0.6 is 0 Å². The van der Waals surface area contributed by atoms with Crippen molar-refractivity contribution in [2.75, 3.05) is 50.1 Å². The Kier molecular flexibility index (Phi) is 6.19. The zero-order valence-corrected chi connectivity index (χ0v) is 17.2. The Balaban J connectivity index is 1.48. The first-order valence-electron chi connectivity index (χ1n) is 9.74. The van der Waals surface area contributed by atoms with Crippen LogP contribution in [0.2, 0.25) is 0 Å². The average Bonchev–Trinajstić information content (AvgIpc) is 2.67. The van der Waals surface area contributed by atoms with Gasteiger partial charge in [0, 0.05) is 26.2 Å². The van der Waals surface area contributed by atoms with Crippen molar-refractivity contribution in [1.82, 2.24) is 9.88 Å². The van der Waals surface area contributed by atoms with Crippen LogP contribution in [0.25, 0.3) is 0 Å². The molecule has 1 aromatic carbocycles. The van der Waals surface area contributed by atoms with Crippen molar-refractivity contribution < 1.29 is 9.53 Å². The van der Waals surface area contributed by atoms with E-state index in [-0.39, 0.29) is 17.9 Å². The molecular weight excluding hydrogens is 352 g/mol. The van der Waals surface area contributed by atoms with E-state index in [1.54, 1.807) is 6.20 Å². The number of pyridine rings is 1. The number of carbonyl (C=O) groups excluding carboxylic acids is 1. The minimum atomic E-state index is -0.200. The summed E-state index contributed by atoms with van der Waals surface area (Å²) in [7, 11) is 2.13. The number of aromatic nitrogens is 1. The van der Waals surface area contributed by atoms with Crippen LogP contribution in [0.15, 0.2) is 42.6 Å². The zero-order chi connectivity index (χ0) is 20.1. The monoisotopic (exact) mass is 382 g/mol. The Hall–Kier alpha value is -2.60. The Labute approximate surface area is 167 Å². The first-order chi connectivity index (χ1) is 13.3. The van der Waals surface area contributed by atoms with Crippen LogP contribution in [-0.4, -0.2) is 55.6 Å². The number of benzene rings is 1. The molecule has 1 aromatic heterocycles. The van der Waals surface area contributed by atoms with E-state index in [1.165, 1.54) is 5.56 Å². The lowest BCUT2D eigenvalue weighted by atomic mass is 9.87. The van der Waals surface area contributed by atoms with Crippen molar-refractivity contribution in [3.8, 4) is 5.75 Å². The van der Waals surface area contributed by atoms with Crippen LogP contribution in [0.1, 0.15) is 26.3 Å². The number of rotatable bonds is 5. The van der Waals surface area contributed by atoms with Crippen molar-refractivity contribution >= 4 is 17.4 Å². The number of carbonyl (C=O) groups is 1. The van der Waals surface area contributed by atoms with Gasteiger partial charge in [0.1, 0.15) is 11.6 Å². The van der Waals surface area contributed by atoms with E-state index < -0.39 is 0 Å². The highest BCUT2D eigenvalue weighted by Gasteiger charge is 2.15. The minimum Gasteiger partial charge on any atom is -0.484 e. The molecule has 0 radical (unpaired) electrons. The molecular formula is C22H30N4O2. The fourth-order valence-electron chi connectivity index (χ4n) is 3.08. The van der Waals surface area contributed by atoms with Gasteiger partial charge in [0.25, 0.3) is 5.91 Å². The lowest BCUT2D eigenvalue weighted by Gasteiger charge is -2.33. The summed E-state index contributed by atoms with van der Waals surface area (Å²) < 4.78 is 5.59. The van der Waals surface area contributed by atoms with Gasteiger partial charge in [-0.2, -0.15) is 0 Å². The van der Waals surface area contributed by atoms with E-state index in [9.17, 15) is 4.79 Å². The summed E-state index contributed by atoms with van der Waals surface area (Å²) in [5, 5.41) is 2.83. The van der Waals surface area contributed by atoms with Crippen molar-refractivity contribution in [3.05, 3.63) is 48.2 Å². The topological polar surface area (TPSA) is 57.7 Å². The normalized spacial score (nSPS) is 15.4. The van der Waals surface area contributed by atoms with Gasteiger partial charge in [-0.25, -0.2) is 4.98 Å². The number of ether oxygens (including phenoxy) is 1. The van der Waals surface area contributed by atoms with Crippen LogP contribution in [0, 0.1) is 0 Å². The van der Waals surface area contributed by atoms with Gasteiger partial charge in [-0.1, -0.05) is 32.9 Å². The highest BCUT2D eigenvalue weighted by molar-refractivity contribution is 5.91. The molecule has 0 aliphatic carbocycles. The van der Waals surface area contributed by atoms with Crippen molar-refractivity contribution in [2.45, 2.75) is 26.2 Å². The summed E-state index contributed by atoms with van der Waals surface area (Å²) in [4.78, 5) is 21.2. The molecule has 150 valence electrons. The number of likely N-dealkylation sites (N-methyl/N-ethyl adjacent to an activating group) is 1. The maximum atomic E-state index is 12.2. The van der Waals surface area contributed by atoms with E-state index in [0.717, 1.165) is 32.0 Å². The molecule has 0 unspecified atom stereocenters. The maximum absolute atomic E-state index is 12.2. The summed E-state index contributed by atoms with van der Waals surface area (Å²) >= 11 is 0. The maximum Gasteiger partial charge on any atom is 0.262 e. The summed E-state index contributed by atoms with van der Waals surface area (Å²) in [5.41, 5.74) is 2.00. The molecule has 6 nitrogen and oxygen atoms in total.